The van der Waals surface area contributed by atoms with Gasteiger partial charge in [0.15, 0.2) is 5.82 Å². The highest BCUT2D eigenvalue weighted by Crippen LogP contribution is 2.37. The number of hydrogen-bond donors (Lipinski definition) is 3. The Labute approximate surface area is 257 Å². The molecule has 4 aromatic heterocycles. The number of nitrogens with one attached hydrogen (secondary N) is 3. The molecule has 0 aliphatic heterocycles. The van der Waals surface area contributed by atoms with E-state index in [-0.39, 0.29) is 17.0 Å². The Morgan fingerprint density at radius 2 is 1.76 bits per heavy atom. The molecule has 0 amide bonds. The van der Waals surface area contributed by atoms with Crippen molar-refractivity contribution >= 4 is 48.2 Å². The fourth-order valence-electron chi connectivity index (χ4n) is 5.16. The number of para-hydroxylation sites is 1. The van der Waals surface area contributed by atoms with Crippen LogP contribution >= 0.6 is 0 Å². The number of fused-ring (bicyclic) bond motifs is 2. The van der Waals surface area contributed by atoms with Gasteiger partial charge in [0.25, 0.3) is 5.56 Å². The Hall–Kier alpha value is -5.22. The van der Waals surface area contributed by atoms with Gasteiger partial charge >= 0.3 is 10.1 Å². The molecule has 0 saturated carbocycles. The standard InChI is InChI=1S/C29H28N8O6S2/c1-17-10-11-36-25(17)29(38)37(21-8-6-5-7-9-21)28(34-36)18(2)33-27-24-23(15-30-26(24)31-16-32-27)19-12-20(35-44(3,39)40)14-22(13-19)43-45(4,41)42/h5-16,18,35H,1-4H3,(H2,30,31,32,33). The predicted molar refractivity (Wildman–Crippen MR) is 171 cm³/mol. The first kappa shape index (κ1) is 29.8. The van der Waals surface area contributed by atoms with Gasteiger partial charge in [0, 0.05) is 24.0 Å². The van der Waals surface area contributed by atoms with E-state index in [1.54, 1.807) is 21.5 Å². The van der Waals surface area contributed by atoms with Gasteiger partial charge in [0.1, 0.15) is 29.1 Å². The summed E-state index contributed by atoms with van der Waals surface area (Å²) in [7, 11) is -7.63. The van der Waals surface area contributed by atoms with Crippen molar-refractivity contribution in [3.63, 3.8) is 0 Å². The molecule has 2 aromatic carbocycles. The second kappa shape index (κ2) is 11.0. The number of nitrogens with zero attached hydrogens (tertiary/aromatic N) is 5. The van der Waals surface area contributed by atoms with Gasteiger partial charge in [-0.05, 0) is 55.3 Å². The zero-order chi connectivity index (χ0) is 32.1. The molecule has 6 aromatic rings. The van der Waals surface area contributed by atoms with Gasteiger partial charge in [-0.2, -0.15) is 13.5 Å². The lowest BCUT2D eigenvalue weighted by atomic mass is 10.0. The highest BCUT2D eigenvalue weighted by atomic mass is 32.2. The number of aryl methyl sites for hydroxylation is 1. The van der Waals surface area contributed by atoms with Crippen LogP contribution in [-0.4, -0.2) is 58.5 Å². The summed E-state index contributed by atoms with van der Waals surface area (Å²) in [6, 6.07) is 14.7. The van der Waals surface area contributed by atoms with Crippen molar-refractivity contribution in [2.45, 2.75) is 19.9 Å². The summed E-state index contributed by atoms with van der Waals surface area (Å²) in [6.45, 7) is 3.70. The molecule has 0 saturated heterocycles. The Morgan fingerprint density at radius 3 is 2.47 bits per heavy atom. The van der Waals surface area contributed by atoms with Crippen LogP contribution in [0.2, 0.25) is 0 Å². The fraction of sp³-hybridized carbons (Fsp3) is 0.172. The fourth-order valence-corrected chi connectivity index (χ4v) is 6.15. The number of benzene rings is 2. The molecular weight excluding hydrogens is 621 g/mol. The van der Waals surface area contributed by atoms with E-state index in [4.69, 9.17) is 9.28 Å². The lowest BCUT2D eigenvalue weighted by molar-refractivity contribution is 0.493. The molecule has 1 unspecified atom stereocenters. The number of sulfonamides is 1. The summed E-state index contributed by atoms with van der Waals surface area (Å²) in [4.78, 5) is 25.7. The molecule has 0 aliphatic carbocycles. The SMILES string of the molecule is Cc1ccn2nc(C(C)Nc3ncnc4[nH]cc(-c5cc(NS(C)(=O)=O)cc(OS(C)(=O)=O)c5)c34)n(-c3ccccc3)c(=O)c12. The van der Waals surface area contributed by atoms with Crippen LogP contribution in [0.4, 0.5) is 11.5 Å². The van der Waals surface area contributed by atoms with Crippen LogP contribution in [0.15, 0.2) is 78.1 Å². The van der Waals surface area contributed by atoms with Crippen molar-refractivity contribution in [2.24, 2.45) is 0 Å². The lowest BCUT2D eigenvalue weighted by Crippen LogP contribution is -2.29. The molecule has 6 rings (SSSR count). The molecule has 0 bridgehead atoms. The quantitative estimate of drug-likeness (QED) is 0.196. The Kier molecular flexibility index (Phi) is 7.33. The van der Waals surface area contributed by atoms with Crippen LogP contribution in [0.5, 0.6) is 5.75 Å². The monoisotopic (exact) mass is 648 g/mol. The predicted octanol–water partition coefficient (Wildman–Crippen LogP) is 3.61. The minimum atomic E-state index is -3.92. The number of anilines is 2. The highest BCUT2D eigenvalue weighted by molar-refractivity contribution is 7.92. The van der Waals surface area contributed by atoms with Gasteiger partial charge in [-0.3, -0.25) is 14.1 Å². The van der Waals surface area contributed by atoms with Gasteiger partial charge in [0.05, 0.1) is 35.3 Å². The zero-order valence-electron chi connectivity index (χ0n) is 24.5. The average molecular weight is 649 g/mol. The third-order valence-electron chi connectivity index (χ3n) is 6.91. The van der Waals surface area contributed by atoms with Gasteiger partial charge in [-0.15, -0.1) is 0 Å². The largest absolute Gasteiger partial charge is 0.383 e. The van der Waals surface area contributed by atoms with Gasteiger partial charge in [0.2, 0.25) is 10.0 Å². The summed E-state index contributed by atoms with van der Waals surface area (Å²) in [5.74, 6) is 0.705. The Balaban J connectivity index is 1.48. The topological polar surface area (TPSA) is 182 Å². The number of aromatic nitrogens is 6. The maximum absolute atomic E-state index is 13.8. The number of hydrogen-bond acceptors (Lipinski definition) is 10. The molecule has 0 spiro atoms. The number of rotatable bonds is 9. The van der Waals surface area contributed by atoms with Crippen molar-refractivity contribution < 1.29 is 21.0 Å². The molecule has 4 heterocycles. The summed E-state index contributed by atoms with van der Waals surface area (Å²) < 4.78 is 58.5. The summed E-state index contributed by atoms with van der Waals surface area (Å²) in [6.07, 6.45) is 6.62. The second-order valence-corrected chi connectivity index (χ2v) is 13.9. The summed E-state index contributed by atoms with van der Waals surface area (Å²) in [5, 5.41) is 8.69. The molecule has 3 N–H and O–H groups in total. The molecule has 0 aliphatic rings. The minimum absolute atomic E-state index is 0.0918. The smallest absolute Gasteiger partial charge is 0.306 e. The van der Waals surface area contributed by atoms with E-state index in [0.717, 1.165) is 18.1 Å². The lowest BCUT2D eigenvalue weighted by Gasteiger charge is -2.20. The van der Waals surface area contributed by atoms with E-state index in [1.807, 2.05) is 50.2 Å². The summed E-state index contributed by atoms with van der Waals surface area (Å²) in [5.41, 5.74) is 3.16. The van der Waals surface area contributed by atoms with E-state index in [0.29, 0.717) is 45.0 Å². The van der Waals surface area contributed by atoms with Crippen LogP contribution in [0.25, 0.3) is 33.4 Å². The molecule has 1 atom stereocenters. The van der Waals surface area contributed by atoms with Crippen molar-refractivity contribution in [3.05, 3.63) is 95.1 Å². The van der Waals surface area contributed by atoms with Crippen molar-refractivity contribution in [1.29, 1.82) is 0 Å². The van der Waals surface area contributed by atoms with Crippen LogP contribution in [-0.2, 0) is 20.1 Å². The molecule has 0 fully saturated rings. The van der Waals surface area contributed by atoms with Crippen LogP contribution < -0.4 is 19.8 Å². The van der Waals surface area contributed by atoms with Gasteiger partial charge < -0.3 is 14.5 Å². The van der Waals surface area contributed by atoms with Gasteiger partial charge in [-0.25, -0.2) is 22.9 Å². The van der Waals surface area contributed by atoms with Crippen LogP contribution in [0.1, 0.15) is 24.4 Å². The first-order chi connectivity index (χ1) is 21.3. The van der Waals surface area contributed by atoms with Crippen molar-refractivity contribution in [2.75, 3.05) is 22.6 Å². The molecule has 45 heavy (non-hydrogen) atoms. The van der Waals surface area contributed by atoms with E-state index in [1.165, 1.54) is 24.5 Å². The Morgan fingerprint density at radius 1 is 1.00 bits per heavy atom. The third kappa shape index (κ3) is 6.09. The average Bonchev–Trinajstić information content (AvgIpc) is 3.56. The molecule has 16 heteroatoms. The molecule has 14 nitrogen and oxygen atoms in total. The van der Waals surface area contributed by atoms with Crippen LogP contribution in [0, 0.1) is 6.92 Å². The number of aromatic amines is 1. The van der Waals surface area contributed by atoms with E-state index < -0.39 is 26.2 Å². The summed E-state index contributed by atoms with van der Waals surface area (Å²) >= 11 is 0. The Bertz CT molecular complexity index is 2310. The van der Waals surface area contributed by atoms with Crippen LogP contribution in [0.3, 0.4) is 0 Å². The maximum atomic E-state index is 13.8. The van der Waals surface area contributed by atoms with E-state index in [9.17, 15) is 21.6 Å². The maximum Gasteiger partial charge on any atom is 0.306 e. The van der Waals surface area contributed by atoms with Crippen molar-refractivity contribution in [1.82, 2.24) is 29.1 Å². The molecule has 0 radical (unpaired) electrons. The normalized spacial score (nSPS) is 12.8. The molecular formula is C29H28N8O6S2. The molecule has 232 valence electrons. The highest BCUT2D eigenvalue weighted by Gasteiger charge is 2.22. The first-order valence-electron chi connectivity index (χ1n) is 13.5. The first-order valence-corrected chi connectivity index (χ1v) is 17.3. The van der Waals surface area contributed by atoms with Gasteiger partial charge in [-0.1, -0.05) is 18.2 Å². The van der Waals surface area contributed by atoms with E-state index in [2.05, 4.69) is 25.0 Å². The minimum Gasteiger partial charge on any atom is -0.383 e. The third-order valence-corrected chi connectivity index (χ3v) is 8.01. The van der Waals surface area contributed by atoms with Crippen molar-refractivity contribution in [3.8, 4) is 22.6 Å². The number of H-pyrrole nitrogens is 1. The second-order valence-electron chi connectivity index (χ2n) is 10.5. The van der Waals surface area contributed by atoms with E-state index >= 15 is 0 Å². The zero-order valence-corrected chi connectivity index (χ0v) is 26.1.